The van der Waals surface area contributed by atoms with Crippen LogP contribution >= 0.6 is 27.3 Å². The molecule has 0 saturated carbocycles. The van der Waals surface area contributed by atoms with Gasteiger partial charge in [-0.05, 0) is 48.7 Å². The zero-order valence-corrected chi connectivity index (χ0v) is 20.8. The summed E-state index contributed by atoms with van der Waals surface area (Å²) in [4.78, 5) is 25.4. The number of carbonyl (C=O) groups is 2. The van der Waals surface area contributed by atoms with Gasteiger partial charge in [0, 0.05) is 21.8 Å². The van der Waals surface area contributed by atoms with E-state index in [2.05, 4.69) is 21.2 Å². The predicted molar refractivity (Wildman–Crippen MR) is 130 cm³/mol. The summed E-state index contributed by atoms with van der Waals surface area (Å²) < 4.78 is 29.9. The summed E-state index contributed by atoms with van der Waals surface area (Å²) in [5.74, 6) is -0.0151. The van der Waals surface area contributed by atoms with Crippen molar-refractivity contribution in [2.45, 2.75) is 19.8 Å². The maximum atomic E-state index is 13.3. The SMILES string of the molecule is CCOC(=O)c1c(-c2ccc(F)cc2)csc1NC(=O)CCc1cc(OC)c(OC)cc1Br. The molecule has 174 valence electrons. The summed E-state index contributed by atoms with van der Waals surface area (Å²) in [6.07, 6.45) is 0.623. The number of methoxy groups -OCH3 is 2. The van der Waals surface area contributed by atoms with E-state index in [9.17, 15) is 14.0 Å². The predicted octanol–water partition coefficient (Wildman–Crippen LogP) is 6.08. The number of thiophene rings is 1. The summed E-state index contributed by atoms with van der Waals surface area (Å²) in [6, 6.07) is 9.42. The van der Waals surface area contributed by atoms with E-state index in [1.165, 1.54) is 23.5 Å². The van der Waals surface area contributed by atoms with Crippen LogP contribution in [0.5, 0.6) is 11.5 Å². The number of ether oxygens (including phenoxy) is 3. The van der Waals surface area contributed by atoms with Crippen molar-refractivity contribution in [2.75, 3.05) is 26.1 Å². The van der Waals surface area contributed by atoms with E-state index in [0.717, 1.165) is 10.0 Å². The maximum Gasteiger partial charge on any atom is 0.341 e. The molecule has 0 aliphatic heterocycles. The molecule has 33 heavy (non-hydrogen) atoms. The van der Waals surface area contributed by atoms with Crippen molar-refractivity contribution in [3.8, 4) is 22.6 Å². The number of hydrogen-bond donors (Lipinski definition) is 1. The van der Waals surface area contributed by atoms with E-state index in [4.69, 9.17) is 14.2 Å². The van der Waals surface area contributed by atoms with Crippen LogP contribution in [-0.2, 0) is 16.0 Å². The lowest BCUT2D eigenvalue weighted by atomic mass is 10.0. The van der Waals surface area contributed by atoms with Crippen molar-refractivity contribution in [1.82, 2.24) is 0 Å². The van der Waals surface area contributed by atoms with Gasteiger partial charge < -0.3 is 19.5 Å². The van der Waals surface area contributed by atoms with Gasteiger partial charge in [-0.3, -0.25) is 4.79 Å². The first kappa shape index (κ1) is 24.7. The van der Waals surface area contributed by atoms with E-state index in [1.54, 1.807) is 44.7 Å². The number of esters is 1. The summed E-state index contributed by atoms with van der Waals surface area (Å²) in [5.41, 5.74) is 2.38. The van der Waals surface area contributed by atoms with E-state index < -0.39 is 5.97 Å². The highest BCUT2D eigenvalue weighted by molar-refractivity contribution is 9.10. The molecule has 1 aromatic heterocycles. The largest absolute Gasteiger partial charge is 0.493 e. The van der Waals surface area contributed by atoms with Crippen LogP contribution in [0.25, 0.3) is 11.1 Å². The Morgan fingerprint density at radius 3 is 2.39 bits per heavy atom. The van der Waals surface area contributed by atoms with Gasteiger partial charge in [0.2, 0.25) is 5.91 Å². The minimum Gasteiger partial charge on any atom is -0.493 e. The fourth-order valence-corrected chi connectivity index (χ4v) is 4.72. The summed E-state index contributed by atoms with van der Waals surface area (Å²) in [7, 11) is 3.11. The minimum absolute atomic E-state index is 0.181. The molecule has 0 atom stereocenters. The van der Waals surface area contributed by atoms with Gasteiger partial charge in [0.1, 0.15) is 16.4 Å². The lowest BCUT2D eigenvalue weighted by molar-refractivity contribution is -0.116. The molecule has 0 aliphatic carbocycles. The molecule has 0 bridgehead atoms. The quantitative estimate of drug-likeness (QED) is 0.336. The summed E-state index contributed by atoms with van der Waals surface area (Å²) in [6.45, 7) is 1.90. The second-order valence-corrected chi connectivity index (χ2v) is 8.66. The van der Waals surface area contributed by atoms with Crippen LogP contribution in [0.15, 0.2) is 46.3 Å². The highest BCUT2D eigenvalue weighted by atomic mass is 79.9. The lowest BCUT2D eigenvalue weighted by Gasteiger charge is -2.12. The number of hydrogen-bond acceptors (Lipinski definition) is 6. The molecule has 6 nitrogen and oxygen atoms in total. The van der Waals surface area contributed by atoms with Crippen molar-refractivity contribution in [2.24, 2.45) is 0 Å². The molecule has 3 rings (SSSR count). The van der Waals surface area contributed by atoms with Crippen LogP contribution in [-0.4, -0.2) is 32.7 Å². The molecular weight excluding hydrogens is 513 g/mol. The van der Waals surface area contributed by atoms with E-state index >= 15 is 0 Å². The van der Waals surface area contributed by atoms with Crippen molar-refractivity contribution in [1.29, 1.82) is 0 Å². The molecule has 2 aromatic carbocycles. The van der Waals surface area contributed by atoms with Gasteiger partial charge in [0.25, 0.3) is 0 Å². The normalized spacial score (nSPS) is 10.6. The Morgan fingerprint density at radius 1 is 1.09 bits per heavy atom. The fourth-order valence-electron chi connectivity index (χ4n) is 3.22. The van der Waals surface area contributed by atoms with Gasteiger partial charge in [0.05, 0.1) is 20.8 Å². The third kappa shape index (κ3) is 5.91. The Bertz CT molecular complexity index is 1150. The molecule has 1 N–H and O–H groups in total. The Morgan fingerprint density at radius 2 is 1.76 bits per heavy atom. The van der Waals surface area contributed by atoms with E-state index in [1.807, 2.05) is 6.07 Å². The minimum atomic E-state index is -0.545. The van der Waals surface area contributed by atoms with Gasteiger partial charge in [-0.2, -0.15) is 0 Å². The number of aryl methyl sites for hydroxylation is 1. The number of amides is 1. The first-order valence-corrected chi connectivity index (χ1v) is 11.8. The number of rotatable bonds is 9. The van der Waals surface area contributed by atoms with Gasteiger partial charge in [-0.25, -0.2) is 9.18 Å². The first-order chi connectivity index (χ1) is 15.9. The molecule has 0 unspecified atom stereocenters. The van der Waals surface area contributed by atoms with E-state index in [0.29, 0.717) is 34.0 Å². The molecule has 0 radical (unpaired) electrons. The van der Waals surface area contributed by atoms with Crippen LogP contribution in [0.2, 0.25) is 0 Å². The highest BCUT2D eigenvalue weighted by Crippen LogP contribution is 2.37. The third-order valence-electron chi connectivity index (χ3n) is 4.85. The number of benzene rings is 2. The number of carbonyl (C=O) groups excluding carboxylic acids is 2. The second kappa shape index (κ2) is 11.3. The molecule has 1 amide bonds. The smallest absolute Gasteiger partial charge is 0.341 e. The molecule has 0 aliphatic rings. The molecule has 0 saturated heterocycles. The zero-order valence-electron chi connectivity index (χ0n) is 18.4. The zero-order chi connectivity index (χ0) is 24.0. The Labute approximate surface area is 203 Å². The van der Waals surface area contributed by atoms with Gasteiger partial charge in [-0.15, -0.1) is 11.3 Å². The lowest BCUT2D eigenvalue weighted by Crippen LogP contribution is -2.15. The molecule has 0 fully saturated rings. The van der Waals surface area contributed by atoms with Crippen molar-refractivity contribution >= 4 is 44.1 Å². The van der Waals surface area contributed by atoms with Gasteiger partial charge >= 0.3 is 5.97 Å². The first-order valence-electron chi connectivity index (χ1n) is 10.1. The fraction of sp³-hybridized carbons (Fsp3) is 0.250. The van der Waals surface area contributed by atoms with Crippen molar-refractivity contribution in [3.63, 3.8) is 0 Å². The number of halogens is 2. The summed E-state index contributed by atoms with van der Waals surface area (Å²) >= 11 is 4.72. The van der Waals surface area contributed by atoms with Crippen LogP contribution < -0.4 is 14.8 Å². The molecule has 1 heterocycles. The third-order valence-corrected chi connectivity index (χ3v) is 6.49. The number of nitrogens with one attached hydrogen (secondary N) is 1. The molecule has 0 spiro atoms. The van der Waals surface area contributed by atoms with Crippen LogP contribution in [0, 0.1) is 5.82 Å². The molecule has 3 aromatic rings. The average Bonchev–Trinajstić information content (AvgIpc) is 3.22. The number of anilines is 1. The van der Waals surface area contributed by atoms with Gasteiger partial charge in [-0.1, -0.05) is 28.1 Å². The highest BCUT2D eigenvalue weighted by Gasteiger charge is 2.23. The van der Waals surface area contributed by atoms with Crippen molar-refractivity contribution in [3.05, 3.63) is 63.2 Å². The van der Waals surface area contributed by atoms with Crippen LogP contribution in [0.3, 0.4) is 0 Å². The average molecular weight is 536 g/mol. The Kier molecular flexibility index (Phi) is 8.46. The summed E-state index contributed by atoms with van der Waals surface area (Å²) in [5, 5.41) is 4.97. The van der Waals surface area contributed by atoms with Crippen molar-refractivity contribution < 1.29 is 28.2 Å². The second-order valence-electron chi connectivity index (χ2n) is 6.93. The molecular formula is C24H23BrFNO5S. The van der Waals surface area contributed by atoms with E-state index in [-0.39, 0.29) is 30.3 Å². The van der Waals surface area contributed by atoms with Crippen LogP contribution in [0.1, 0.15) is 29.3 Å². The topological polar surface area (TPSA) is 73.9 Å². The molecule has 9 heteroatoms. The maximum absolute atomic E-state index is 13.3. The Hall–Kier alpha value is -2.91. The Balaban J connectivity index is 1.79. The monoisotopic (exact) mass is 535 g/mol. The van der Waals surface area contributed by atoms with Gasteiger partial charge in [0.15, 0.2) is 11.5 Å². The standard InChI is InChI=1S/C24H23BrFNO5S/c1-4-32-24(29)22-17(14-5-8-16(26)9-6-14)13-33-23(22)27-21(28)10-7-15-11-19(30-2)20(31-3)12-18(15)25/h5-6,8-9,11-13H,4,7,10H2,1-3H3,(H,27,28). The van der Waals surface area contributed by atoms with Crippen LogP contribution in [0.4, 0.5) is 9.39 Å².